The minimum atomic E-state index is 0. The Labute approximate surface area is 104 Å². The third-order valence-electron chi connectivity index (χ3n) is 3.51. The molecule has 2 heterocycles. The first-order valence-corrected chi connectivity index (χ1v) is 6.16. The predicted octanol–water partition coefficient (Wildman–Crippen LogP) is -1.01. The Morgan fingerprint density at radius 2 is 1.75 bits per heavy atom. The van der Waals surface area contributed by atoms with Crippen LogP contribution in [0.2, 0.25) is 0 Å². The minimum Gasteiger partial charge on any atom is -1.00 e. The Morgan fingerprint density at radius 1 is 1.12 bits per heavy atom. The summed E-state index contributed by atoms with van der Waals surface area (Å²) in [5.74, 6) is 0.965. The highest BCUT2D eigenvalue weighted by Crippen LogP contribution is 2.28. The lowest BCUT2D eigenvalue weighted by atomic mass is 10.3. The highest BCUT2D eigenvalue weighted by molar-refractivity contribution is 5.44. The van der Waals surface area contributed by atoms with Crippen LogP contribution in [0.3, 0.4) is 0 Å². The van der Waals surface area contributed by atoms with E-state index in [1.165, 1.54) is 51.0 Å². The van der Waals surface area contributed by atoms with Crippen molar-refractivity contribution in [3.05, 3.63) is 24.5 Å². The van der Waals surface area contributed by atoms with Crippen LogP contribution < -0.4 is 21.9 Å². The largest absolute Gasteiger partial charge is 1.00 e. The topological polar surface area (TPSA) is 7.12 Å². The summed E-state index contributed by atoms with van der Waals surface area (Å²) in [6.45, 7) is 3.71. The Balaban J connectivity index is 0.000000963. The van der Waals surface area contributed by atoms with Crippen molar-refractivity contribution in [2.45, 2.75) is 32.2 Å². The number of hydrogen-bond donors (Lipinski definition) is 0. The van der Waals surface area contributed by atoms with E-state index >= 15 is 0 Å². The maximum absolute atomic E-state index is 2.49. The van der Waals surface area contributed by atoms with Gasteiger partial charge in [-0.05, 0) is 25.7 Å². The van der Waals surface area contributed by atoms with E-state index in [4.69, 9.17) is 0 Å². The molecule has 1 saturated carbocycles. The zero-order valence-electron chi connectivity index (χ0n) is 9.61. The van der Waals surface area contributed by atoms with Gasteiger partial charge in [-0.1, -0.05) is 0 Å². The highest BCUT2D eigenvalue weighted by Gasteiger charge is 2.25. The van der Waals surface area contributed by atoms with E-state index in [0.717, 1.165) is 5.92 Å². The van der Waals surface area contributed by atoms with Crippen molar-refractivity contribution < 1.29 is 17.0 Å². The molecule has 0 aromatic carbocycles. The Hall–Kier alpha value is -0.760. The quantitative estimate of drug-likeness (QED) is 0.613. The molecule has 0 amide bonds. The molecule has 16 heavy (non-hydrogen) atoms. The van der Waals surface area contributed by atoms with E-state index in [9.17, 15) is 0 Å². The van der Waals surface area contributed by atoms with Gasteiger partial charge in [-0.25, -0.2) is 4.57 Å². The molecule has 0 spiro atoms. The van der Waals surface area contributed by atoms with Gasteiger partial charge >= 0.3 is 0 Å². The molecule has 3 rings (SSSR count). The Bertz CT molecular complexity index is 326. The fourth-order valence-electron chi connectivity index (χ4n) is 2.36. The molecule has 0 bridgehead atoms. The van der Waals surface area contributed by atoms with E-state index < -0.39 is 0 Å². The second-order valence-electron chi connectivity index (χ2n) is 4.89. The van der Waals surface area contributed by atoms with Crippen LogP contribution in [0.1, 0.15) is 25.7 Å². The monoisotopic (exact) mass is 238 g/mol. The molecular formula is C13H19ClN2. The molecule has 1 aliphatic carbocycles. The smallest absolute Gasteiger partial charge is 0.170 e. The molecule has 0 unspecified atom stereocenters. The summed E-state index contributed by atoms with van der Waals surface area (Å²) in [5, 5.41) is 0. The predicted molar refractivity (Wildman–Crippen MR) is 60.8 cm³/mol. The van der Waals surface area contributed by atoms with Crippen LogP contribution in [-0.2, 0) is 6.54 Å². The van der Waals surface area contributed by atoms with Gasteiger partial charge in [0, 0.05) is 36.8 Å². The van der Waals surface area contributed by atoms with Crippen molar-refractivity contribution in [1.29, 1.82) is 0 Å². The third-order valence-corrected chi connectivity index (χ3v) is 3.51. The van der Waals surface area contributed by atoms with Gasteiger partial charge in [-0.2, -0.15) is 0 Å². The van der Waals surface area contributed by atoms with Gasteiger partial charge in [0.15, 0.2) is 18.9 Å². The second-order valence-corrected chi connectivity index (χ2v) is 4.89. The molecule has 0 radical (unpaired) electrons. The van der Waals surface area contributed by atoms with Crippen molar-refractivity contribution in [2.24, 2.45) is 5.92 Å². The Kier molecular flexibility index (Phi) is 3.70. The lowest BCUT2D eigenvalue weighted by Gasteiger charge is -2.16. The maximum atomic E-state index is 2.49. The molecule has 2 aliphatic rings. The first kappa shape index (κ1) is 11.7. The van der Waals surface area contributed by atoms with Gasteiger partial charge in [0.05, 0.1) is 0 Å². The van der Waals surface area contributed by atoms with Crippen LogP contribution in [0, 0.1) is 5.92 Å². The minimum absolute atomic E-state index is 0. The molecule has 3 heteroatoms. The second kappa shape index (κ2) is 5.05. The van der Waals surface area contributed by atoms with Gasteiger partial charge in [-0.15, -0.1) is 0 Å². The number of nitrogens with zero attached hydrogens (tertiary/aromatic N) is 2. The molecule has 1 aromatic rings. The molecular weight excluding hydrogens is 220 g/mol. The average molecular weight is 239 g/mol. The highest BCUT2D eigenvalue weighted by atomic mass is 35.5. The summed E-state index contributed by atoms with van der Waals surface area (Å²) >= 11 is 0. The normalized spacial score (nSPS) is 19.6. The van der Waals surface area contributed by atoms with Gasteiger partial charge in [0.1, 0.15) is 0 Å². The Morgan fingerprint density at radius 3 is 2.31 bits per heavy atom. The number of hydrogen-bond acceptors (Lipinski definition) is 1. The fourth-order valence-corrected chi connectivity index (χ4v) is 2.36. The summed E-state index contributed by atoms with van der Waals surface area (Å²) in [4.78, 5) is 2.49. The van der Waals surface area contributed by atoms with Crippen LogP contribution >= 0.6 is 0 Å². The summed E-state index contributed by atoms with van der Waals surface area (Å²) in [6.07, 6.45) is 10.1. The van der Waals surface area contributed by atoms with Crippen molar-refractivity contribution in [2.75, 3.05) is 18.0 Å². The van der Waals surface area contributed by atoms with Crippen LogP contribution in [0.4, 0.5) is 5.69 Å². The third kappa shape index (κ3) is 2.67. The van der Waals surface area contributed by atoms with Gasteiger partial charge in [-0.3, -0.25) is 0 Å². The summed E-state index contributed by atoms with van der Waals surface area (Å²) in [7, 11) is 0. The van der Waals surface area contributed by atoms with Crippen molar-refractivity contribution in [3.63, 3.8) is 0 Å². The van der Waals surface area contributed by atoms with Crippen molar-refractivity contribution >= 4 is 5.69 Å². The summed E-state index contributed by atoms with van der Waals surface area (Å²) in [5.41, 5.74) is 1.40. The molecule has 1 saturated heterocycles. The van der Waals surface area contributed by atoms with E-state index in [-0.39, 0.29) is 12.4 Å². The van der Waals surface area contributed by atoms with Crippen LogP contribution in [-0.4, -0.2) is 13.1 Å². The lowest BCUT2D eigenvalue weighted by molar-refractivity contribution is -0.700. The van der Waals surface area contributed by atoms with Crippen LogP contribution in [0.25, 0.3) is 0 Å². The van der Waals surface area contributed by atoms with Gasteiger partial charge < -0.3 is 17.3 Å². The standard InChI is InChI=1S/C13H19N2.ClH/c1-2-8-15(7-1)13-5-9-14(10-6-13)11-12-3-4-12;/h5-6,9-10,12H,1-4,7-8,11H2;1H/q+1;/p-1. The first-order valence-electron chi connectivity index (χ1n) is 6.16. The van der Waals surface area contributed by atoms with Crippen molar-refractivity contribution in [3.8, 4) is 0 Å². The zero-order chi connectivity index (χ0) is 10.1. The van der Waals surface area contributed by atoms with Crippen molar-refractivity contribution in [1.82, 2.24) is 0 Å². The molecule has 2 fully saturated rings. The zero-order valence-corrected chi connectivity index (χ0v) is 10.4. The van der Waals surface area contributed by atoms with E-state index in [1.54, 1.807) is 0 Å². The fraction of sp³-hybridized carbons (Fsp3) is 0.615. The number of halogens is 1. The number of aromatic nitrogens is 1. The number of pyridine rings is 1. The molecule has 88 valence electrons. The molecule has 2 nitrogen and oxygen atoms in total. The van der Waals surface area contributed by atoms with E-state index in [1.807, 2.05) is 0 Å². The summed E-state index contributed by atoms with van der Waals surface area (Å²) < 4.78 is 2.33. The molecule has 0 atom stereocenters. The van der Waals surface area contributed by atoms with Gasteiger partial charge in [0.25, 0.3) is 0 Å². The van der Waals surface area contributed by atoms with Crippen LogP contribution in [0.5, 0.6) is 0 Å². The van der Waals surface area contributed by atoms with Crippen LogP contribution in [0.15, 0.2) is 24.5 Å². The molecule has 1 aliphatic heterocycles. The SMILES string of the molecule is [Cl-].c1c[n+](CC2CC2)ccc1N1CCCC1. The van der Waals surface area contributed by atoms with Gasteiger partial charge in [0.2, 0.25) is 0 Å². The molecule has 1 aromatic heterocycles. The maximum Gasteiger partial charge on any atom is 0.170 e. The average Bonchev–Trinajstić information content (AvgIpc) is 2.92. The molecule has 0 N–H and O–H groups in total. The lowest BCUT2D eigenvalue weighted by Crippen LogP contribution is -3.00. The van der Waals surface area contributed by atoms with E-state index in [0.29, 0.717) is 0 Å². The number of anilines is 1. The first-order chi connectivity index (χ1) is 7.42. The summed E-state index contributed by atoms with van der Waals surface area (Å²) in [6, 6.07) is 4.54. The number of rotatable bonds is 3. The van der Waals surface area contributed by atoms with E-state index in [2.05, 4.69) is 34.0 Å².